The number of epoxide rings is 2. The topological polar surface area (TPSA) is 164 Å². The van der Waals surface area contributed by atoms with Crippen LogP contribution in [0.3, 0.4) is 0 Å². The number of thioether (sulfide) groups is 1. The van der Waals surface area contributed by atoms with E-state index in [1.165, 1.54) is 12.3 Å². The van der Waals surface area contributed by atoms with Crippen molar-refractivity contribution in [3.63, 3.8) is 0 Å². The van der Waals surface area contributed by atoms with Crippen molar-refractivity contribution in [2.24, 2.45) is 5.16 Å². The average molecular weight is 505 g/mol. The summed E-state index contributed by atoms with van der Waals surface area (Å²) in [5, 5.41) is 24.3. The van der Waals surface area contributed by atoms with Crippen molar-refractivity contribution >= 4 is 41.3 Å². The Morgan fingerprint density at radius 2 is 1.97 bits per heavy atom. The first kappa shape index (κ1) is 23.9. The number of carbonyl (C=O) groups is 3. The van der Waals surface area contributed by atoms with E-state index < -0.39 is 39.2 Å². The molecular weight excluding hydrogens is 480 g/mol. The quantitative estimate of drug-likeness (QED) is 0.452. The third-order valence-electron chi connectivity index (χ3n) is 6.71. The summed E-state index contributed by atoms with van der Waals surface area (Å²) >= 11 is 1.10. The van der Waals surface area contributed by atoms with E-state index in [0.29, 0.717) is 12.3 Å². The number of nitrogens with zero attached hydrogens (tertiary/aromatic N) is 2. The van der Waals surface area contributed by atoms with Crippen molar-refractivity contribution in [1.82, 2.24) is 4.98 Å². The van der Waals surface area contributed by atoms with Crippen molar-refractivity contribution in [2.75, 3.05) is 13.2 Å². The molecule has 3 saturated heterocycles. The molecule has 5 heterocycles. The molecule has 12 heteroatoms. The van der Waals surface area contributed by atoms with Crippen LogP contribution in [0.15, 0.2) is 34.1 Å². The van der Waals surface area contributed by atoms with Crippen LogP contribution in [0.2, 0.25) is 0 Å². The highest BCUT2D eigenvalue weighted by molar-refractivity contribution is 8.01. The minimum absolute atomic E-state index is 0.0517. The molecule has 0 radical (unpaired) electrons. The Morgan fingerprint density at radius 1 is 1.23 bits per heavy atom. The number of hydrogen-bond acceptors (Lipinski definition) is 11. The molecule has 0 aromatic carbocycles. The second-order valence-electron chi connectivity index (χ2n) is 9.28. The maximum atomic E-state index is 13.0. The van der Waals surface area contributed by atoms with Gasteiger partial charge in [-0.25, -0.2) is 14.6 Å². The van der Waals surface area contributed by atoms with E-state index in [1.807, 2.05) is 0 Å². The summed E-state index contributed by atoms with van der Waals surface area (Å²) in [6, 6.07) is 0. The van der Waals surface area contributed by atoms with Gasteiger partial charge >= 0.3 is 11.9 Å². The normalized spacial score (nSPS) is 37.3. The highest BCUT2D eigenvalue weighted by Gasteiger charge is 2.70. The molecule has 3 fully saturated rings. The largest absolute Gasteiger partial charge is 0.479 e. The van der Waals surface area contributed by atoms with Crippen molar-refractivity contribution in [3.8, 4) is 0 Å². The monoisotopic (exact) mass is 504 g/mol. The molecule has 0 saturated carbocycles. The van der Waals surface area contributed by atoms with Gasteiger partial charge < -0.3 is 28.9 Å². The third kappa shape index (κ3) is 4.58. The summed E-state index contributed by atoms with van der Waals surface area (Å²) in [4.78, 5) is 47.4. The lowest BCUT2D eigenvalue weighted by atomic mass is 9.79. The van der Waals surface area contributed by atoms with Crippen LogP contribution in [-0.2, 0) is 28.7 Å². The number of carboxylic acids is 1. The standard InChI is InChI=1S/C23H24N2O9S/c1-21(30)6-7-22(23(12-33-23)20(28)29)9-17(27)34-25-18(15-11-31-15)19-24-13(10-32-19)4-2-3-5-14(26)8-16(21)35-22/h2-5,10,15-16,30H,6-9,11-12H2,1H3,(H,28,29)/t15-,16+,21-,22-,23-/m1/s1. The highest BCUT2D eigenvalue weighted by atomic mass is 32.2. The van der Waals surface area contributed by atoms with Gasteiger partial charge in [0.2, 0.25) is 11.5 Å². The lowest BCUT2D eigenvalue weighted by molar-refractivity contribution is -0.149. The fraction of sp³-hybridized carbons (Fsp3) is 0.522. The van der Waals surface area contributed by atoms with E-state index in [4.69, 9.17) is 18.7 Å². The summed E-state index contributed by atoms with van der Waals surface area (Å²) in [5.41, 5.74) is -2.21. The van der Waals surface area contributed by atoms with Gasteiger partial charge in [-0.2, -0.15) is 0 Å². The number of fused-ring (bicyclic) bond motifs is 4. The summed E-state index contributed by atoms with van der Waals surface area (Å²) in [6.07, 6.45) is 7.08. The Kier molecular flexibility index (Phi) is 5.94. The van der Waals surface area contributed by atoms with E-state index >= 15 is 0 Å². The zero-order chi connectivity index (χ0) is 24.8. The van der Waals surface area contributed by atoms with Crippen molar-refractivity contribution < 1.29 is 43.3 Å². The van der Waals surface area contributed by atoms with Crippen molar-refractivity contribution in [1.29, 1.82) is 0 Å². The molecule has 11 nitrogen and oxygen atoms in total. The van der Waals surface area contributed by atoms with Gasteiger partial charge in [-0.3, -0.25) is 4.79 Å². The van der Waals surface area contributed by atoms with Gasteiger partial charge in [-0.15, -0.1) is 11.8 Å². The SMILES string of the molecule is C[C@@]1(O)CC[C@]2([C@]3(C(=O)O)CO3)CC(=O)ON=C([C@H]3CO3)c3nc(co3)C=CC=CC(=O)C[C@@H]1S2. The first-order valence-corrected chi connectivity index (χ1v) is 12.0. The minimum atomic E-state index is -1.63. The molecular formula is C23H24N2O9S. The fourth-order valence-electron chi connectivity index (χ4n) is 4.41. The van der Waals surface area contributed by atoms with Crippen LogP contribution < -0.4 is 0 Å². The van der Waals surface area contributed by atoms with Gasteiger partial charge in [-0.05, 0) is 31.9 Å². The average Bonchev–Trinajstić information content (AvgIpc) is 3.72. The number of ketones is 1. The molecule has 0 aliphatic carbocycles. The van der Waals surface area contributed by atoms with E-state index in [0.717, 1.165) is 11.8 Å². The zero-order valence-electron chi connectivity index (χ0n) is 18.8. The molecule has 0 unspecified atom stereocenters. The molecule has 2 N–H and O–H groups in total. The number of aromatic nitrogens is 1. The molecule has 186 valence electrons. The second kappa shape index (κ2) is 8.70. The van der Waals surface area contributed by atoms with E-state index in [1.54, 1.807) is 25.2 Å². The summed E-state index contributed by atoms with van der Waals surface area (Å²) in [7, 11) is 0. The number of oxime groups is 1. The molecule has 35 heavy (non-hydrogen) atoms. The summed E-state index contributed by atoms with van der Waals surface area (Å²) in [6.45, 7) is 1.89. The number of ether oxygens (including phenoxy) is 2. The molecule has 0 amide bonds. The lowest BCUT2D eigenvalue weighted by Crippen LogP contribution is -2.57. The van der Waals surface area contributed by atoms with E-state index in [9.17, 15) is 24.6 Å². The van der Waals surface area contributed by atoms with E-state index in [2.05, 4.69) is 10.1 Å². The minimum Gasteiger partial charge on any atom is -0.479 e. The van der Waals surface area contributed by atoms with Crippen LogP contribution >= 0.6 is 11.8 Å². The molecule has 1 aromatic rings. The second-order valence-corrected chi connectivity index (χ2v) is 10.9. The molecule has 5 rings (SSSR count). The maximum absolute atomic E-state index is 13.0. The fourth-order valence-corrected chi connectivity index (χ4v) is 6.39. The van der Waals surface area contributed by atoms with E-state index in [-0.39, 0.29) is 49.7 Å². The number of rotatable bonds is 3. The maximum Gasteiger partial charge on any atom is 0.339 e. The Balaban J connectivity index is 1.53. The third-order valence-corrected chi connectivity index (χ3v) is 8.80. The molecule has 4 bridgehead atoms. The molecule has 1 aromatic heterocycles. The molecule has 0 spiro atoms. The molecule has 5 atom stereocenters. The van der Waals surface area contributed by atoms with Crippen LogP contribution in [0, 0.1) is 0 Å². The number of allylic oxidation sites excluding steroid dienone is 3. The van der Waals surface area contributed by atoms with Crippen LogP contribution in [-0.4, -0.2) is 79.1 Å². The smallest absolute Gasteiger partial charge is 0.339 e. The Morgan fingerprint density at radius 3 is 2.66 bits per heavy atom. The Hall–Kier alpha value is -2.80. The summed E-state index contributed by atoms with van der Waals surface area (Å²) < 4.78 is 14.9. The molecule has 4 aliphatic rings. The van der Waals surface area contributed by atoms with Crippen molar-refractivity contribution in [3.05, 3.63) is 36.1 Å². The first-order chi connectivity index (χ1) is 16.6. The predicted molar refractivity (Wildman–Crippen MR) is 122 cm³/mol. The zero-order valence-corrected chi connectivity index (χ0v) is 19.7. The Labute approximate surface area is 204 Å². The number of hydrogen-bond donors (Lipinski definition) is 2. The van der Waals surface area contributed by atoms with Crippen LogP contribution in [0.5, 0.6) is 0 Å². The number of carboxylic acid groups (broad SMARTS) is 1. The number of carbonyl (C=O) groups excluding carboxylic acids is 2. The first-order valence-electron chi connectivity index (χ1n) is 11.1. The van der Waals surface area contributed by atoms with Gasteiger partial charge in [0, 0.05) is 11.7 Å². The van der Waals surface area contributed by atoms with Gasteiger partial charge in [0.05, 0.1) is 30.0 Å². The van der Waals surface area contributed by atoms with Crippen LogP contribution in [0.4, 0.5) is 0 Å². The van der Waals surface area contributed by atoms with Gasteiger partial charge in [-0.1, -0.05) is 17.3 Å². The number of aliphatic carboxylic acids is 1. The lowest BCUT2D eigenvalue weighted by Gasteiger charge is -2.48. The van der Waals surface area contributed by atoms with Gasteiger partial charge in [0.1, 0.15) is 18.1 Å². The highest BCUT2D eigenvalue weighted by Crippen LogP contribution is 2.59. The number of oxazole rings is 1. The van der Waals surface area contributed by atoms with Crippen LogP contribution in [0.1, 0.15) is 44.2 Å². The number of aliphatic hydroxyl groups is 1. The van der Waals surface area contributed by atoms with Gasteiger partial charge in [0.15, 0.2) is 11.5 Å². The van der Waals surface area contributed by atoms with Gasteiger partial charge in [0.25, 0.3) is 0 Å². The molecule has 4 aliphatic heterocycles. The van der Waals surface area contributed by atoms with Crippen LogP contribution in [0.25, 0.3) is 6.08 Å². The van der Waals surface area contributed by atoms with Crippen molar-refractivity contribution in [2.45, 2.75) is 59.9 Å². The summed E-state index contributed by atoms with van der Waals surface area (Å²) in [5.74, 6) is -2.12. The Bertz CT molecular complexity index is 1150. The predicted octanol–water partition coefficient (Wildman–Crippen LogP) is 1.49.